The SMILES string of the molecule is CN(CC(=O)N(Cc1ccccc1F)[C@@H](Cc1ccccc1)C(=O)NC(C)(C)C)S(=O)(=O)c1ccc(Cl)cc1. The minimum absolute atomic E-state index is 0.0332. The van der Waals surface area contributed by atoms with E-state index in [0.29, 0.717) is 5.02 Å². The summed E-state index contributed by atoms with van der Waals surface area (Å²) in [4.78, 5) is 28.6. The van der Waals surface area contributed by atoms with Gasteiger partial charge in [0.1, 0.15) is 11.9 Å². The van der Waals surface area contributed by atoms with Crippen LogP contribution < -0.4 is 5.32 Å². The predicted octanol–water partition coefficient (Wildman–Crippen LogP) is 4.65. The average Bonchev–Trinajstić information content (AvgIpc) is 2.87. The van der Waals surface area contributed by atoms with Crippen LogP contribution in [0.5, 0.6) is 0 Å². The van der Waals surface area contributed by atoms with Gasteiger partial charge in [-0.2, -0.15) is 4.31 Å². The summed E-state index contributed by atoms with van der Waals surface area (Å²) in [5.41, 5.74) is 0.392. The molecule has 0 heterocycles. The van der Waals surface area contributed by atoms with Crippen LogP contribution in [-0.2, 0) is 32.6 Å². The van der Waals surface area contributed by atoms with E-state index in [0.717, 1.165) is 9.87 Å². The van der Waals surface area contributed by atoms with Crippen LogP contribution in [0.2, 0.25) is 5.02 Å². The second kappa shape index (κ2) is 12.7. The van der Waals surface area contributed by atoms with Crippen molar-refractivity contribution in [2.24, 2.45) is 0 Å². The normalized spacial score (nSPS) is 12.7. The maximum absolute atomic E-state index is 14.7. The average molecular weight is 574 g/mol. The Bertz CT molecular complexity index is 1390. The highest BCUT2D eigenvalue weighted by molar-refractivity contribution is 7.89. The molecule has 0 spiro atoms. The molecule has 208 valence electrons. The number of sulfonamides is 1. The monoisotopic (exact) mass is 573 g/mol. The summed E-state index contributed by atoms with van der Waals surface area (Å²) >= 11 is 5.90. The molecule has 0 aliphatic rings. The van der Waals surface area contributed by atoms with Crippen molar-refractivity contribution in [2.75, 3.05) is 13.6 Å². The van der Waals surface area contributed by atoms with Crippen molar-refractivity contribution in [2.45, 2.75) is 50.2 Å². The molecule has 0 aliphatic heterocycles. The summed E-state index contributed by atoms with van der Waals surface area (Å²) in [7, 11) is -2.76. The van der Waals surface area contributed by atoms with Crippen LogP contribution in [0.3, 0.4) is 0 Å². The number of hydrogen-bond acceptors (Lipinski definition) is 4. The third kappa shape index (κ3) is 8.36. The van der Waals surface area contributed by atoms with Gasteiger partial charge >= 0.3 is 0 Å². The Morgan fingerprint density at radius 3 is 2.13 bits per heavy atom. The summed E-state index contributed by atoms with van der Waals surface area (Å²) in [6.07, 6.45) is 0.149. The van der Waals surface area contributed by atoms with Crippen molar-refractivity contribution in [3.63, 3.8) is 0 Å². The first-order chi connectivity index (χ1) is 18.3. The van der Waals surface area contributed by atoms with Gasteiger partial charge in [-0.25, -0.2) is 12.8 Å². The van der Waals surface area contributed by atoms with Crippen LogP contribution in [0.1, 0.15) is 31.9 Å². The van der Waals surface area contributed by atoms with Crippen LogP contribution in [-0.4, -0.2) is 54.6 Å². The number of nitrogens with one attached hydrogen (secondary N) is 1. The van der Waals surface area contributed by atoms with Crippen molar-refractivity contribution in [3.8, 4) is 0 Å². The third-order valence-electron chi connectivity index (χ3n) is 5.95. The molecular weight excluding hydrogens is 541 g/mol. The van der Waals surface area contributed by atoms with Crippen molar-refractivity contribution in [1.29, 1.82) is 0 Å². The zero-order valence-corrected chi connectivity index (χ0v) is 24.0. The lowest BCUT2D eigenvalue weighted by atomic mass is 10.0. The molecule has 0 aliphatic carbocycles. The van der Waals surface area contributed by atoms with E-state index in [2.05, 4.69) is 5.32 Å². The predicted molar refractivity (Wildman–Crippen MR) is 150 cm³/mol. The molecule has 39 heavy (non-hydrogen) atoms. The first kappa shape index (κ1) is 30.3. The van der Waals surface area contributed by atoms with Gasteiger partial charge < -0.3 is 10.2 Å². The van der Waals surface area contributed by atoms with Crippen molar-refractivity contribution in [1.82, 2.24) is 14.5 Å². The minimum Gasteiger partial charge on any atom is -0.350 e. The van der Waals surface area contributed by atoms with Gasteiger partial charge in [-0.1, -0.05) is 60.1 Å². The van der Waals surface area contributed by atoms with Crippen molar-refractivity contribution >= 4 is 33.4 Å². The van der Waals surface area contributed by atoms with Crippen molar-refractivity contribution < 1.29 is 22.4 Å². The summed E-state index contributed by atoms with van der Waals surface area (Å²) in [5.74, 6) is -1.62. The van der Waals surface area contributed by atoms with Gasteiger partial charge in [-0.3, -0.25) is 9.59 Å². The number of hydrogen-bond donors (Lipinski definition) is 1. The quantitative estimate of drug-likeness (QED) is 0.382. The van der Waals surface area contributed by atoms with Crippen LogP contribution in [0, 0.1) is 5.82 Å². The molecule has 0 radical (unpaired) electrons. The Labute approximate surface area is 234 Å². The smallest absolute Gasteiger partial charge is 0.243 e. The van der Waals surface area contributed by atoms with E-state index < -0.39 is 45.8 Å². The number of amides is 2. The zero-order chi connectivity index (χ0) is 28.8. The molecule has 0 aromatic heterocycles. The highest BCUT2D eigenvalue weighted by Crippen LogP contribution is 2.21. The Hall–Kier alpha value is -3.27. The number of likely N-dealkylation sites (N-methyl/N-ethyl adjacent to an activating group) is 1. The van der Waals surface area contributed by atoms with Gasteiger partial charge in [0.2, 0.25) is 21.8 Å². The lowest BCUT2D eigenvalue weighted by Gasteiger charge is -2.34. The first-order valence-electron chi connectivity index (χ1n) is 12.4. The number of carbonyl (C=O) groups is 2. The van der Waals surface area contributed by atoms with E-state index in [4.69, 9.17) is 11.6 Å². The fourth-order valence-corrected chi connectivity index (χ4v) is 5.22. The van der Waals surface area contributed by atoms with Gasteiger partial charge in [0.25, 0.3) is 0 Å². The number of benzene rings is 3. The van der Waals surface area contributed by atoms with Crippen LogP contribution in [0.15, 0.2) is 83.8 Å². The van der Waals surface area contributed by atoms with Gasteiger partial charge in [0.15, 0.2) is 0 Å². The standard InChI is InChI=1S/C29H33ClFN3O4S/c1-29(2,3)32-28(36)26(18-21-10-6-5-7-11-21)34(19-22-12-8-9-13-25(22)31)27(35)20-33(4)39(37,38)24-16-14-23(30)15-17-24/h5-17,26H,18-20H2,1-4H3,(H,32,36)/t26-/m0/s1. The Balaban J connectivity index is 2.00. The molecule has 3 rings (SSSR count). The Kier molecular flexibility index (Phi) is 9.88. The highest BCUT2D eigenvalue weighted by Gasteiger charge is 2.34. The Morgan fingerprint density at radius 1 is 0.949 bits per heavy atom. The molecule has 1 atom stereocenters. The van der Waals surface area contributed by atoms with Gasteiger partial charge in [-0.05, 0) is 56.7 Å². The molecule has 10 heteroatoms. The van der Waals surface area contributed by atoms with Gasteiger partial charge in [-0.15, -0.1) is 0 Å². The van der Waals surface area contributed by atoms with E-state index >= 15 is 0 Å². The summed E-state index contributed by atoms with van der Waals surface area (Å²) in [6.45, 7) is 4.67. The molecule has 0 saturated heterocycles. The van der Waals surface area contributed by atoms with E-state index in [1.54, 1.807) is 6.07 Å². The number of carbonyl (C=O) groups excluding carboxylic acids is 2. The Morgan fingerprint density at radius 2 is 1.54 bits per heavy atom. The first-order valence-corrected chi connectivity index (χ1v) is 14.2. The van der Waals surface area contributed by atoms with E-state index in [1.807, 2.05) is 51.1 Å². The maximum atomic E-state index is 14.7. The van der Waals surface area contributed by atoms with Gasteiger partial charge in [0, 0.05) is 36.1 Å². The lowest BCUT2D eigenvalue weighted by Crippen LogP contribution is -2.56. The van der Waals surface area contributed by atoms with Gasteiger partial charge in [0.05, 0.1) is 11.4 Å². The maximum Gasteiger partial charge on any atom is 0.243 e. The van der Waals surface area contributed by atoms with E-state index in [1.165, 1.54) is 54.4 Å². The van der Waals surface area contributed by atoms with Crippen LogP contribution >= 0.6 is 11.6 Å². The highest BCUT2D eigenvalue weighted by atomic mass is 35.5. The minimum atomic E-state index is -4.05. The number of nitrogens with zero attached hydrogens (tertiary/aromatic N) is 2. The lowest BCUT2D eigenvalue weighted by molar-refractivity contribution is -0.142. The summed E-state index contributed by atoms with van der Waals surface area (Å²) < 4.78 is 42.0. The molecule has 3 aromatic rings. The molecule has 3 aromatic carbocycles. The van der Waals surface area contributed by atoms with Crippen LogP contribution in [0.4, 0.5) is 4.39 Å². The number of rotatable bonds is 10. The fourth-order valence-electron chi connectivity index (χ4n) is 3.97. The molecule has 0 fully saturated rings. The third-order valence-corrected chi connectivity index (χ3v) is 8.02. The summed E-state index contributed by atoms with van der Waals surface area (Å²) in [5, 5.41) is 3.29. The van der Waals surface area contributed by atoms with Crippen LogP contribution in [0.25, 0.3) is 0 Å². The largest absolute Gasteiger partial charge is 0.350 e. The fraction of sp³-hybridized carbons (Fsp3) is 0.310. The van der Waals surface area contributed by atoms with E-state index in [-0.39, 0.29) is 23.4 Å². The van der Waals surface area contributed by atoms with Crippen molar-refractivity contribution in [3.05, 3.63) is 101 Å². The van der Waals surface area contributed by atoms with E-state index in [9.17, 15) is 22.4 Å². The second-order valence-corrected chi connectivity index (χ2v) is 12.8. The topological polar surface area (TPSA) is 86.8 Å². The second-order valence-electron chi connectivity index (χ2n) is 10.3. The zero-order valence-electron chi connectivity index (χ0n) is 22.4. The molecule has 0 bridgehead atoms. The summed E-state index contributed by atoms with van der Waals surface area (Å²) in [6, 6.07) is 19.7. The molecular formula is C29H33ClFN3O4S. The molecule has 0 saturated carbocycles. The molecule has 7 nitrogen and oxygen atoms in total. The number of halogens is 2. The molecule has 2 amide bonds. The molecule has 1 N–H and O–H groups in total. The molecule has 0 unspecified atom stereocenters.